The Labute approximate surface area is 107 Å². The van der Waals surface area contributed by atoms with Crippen molar-refractivity contribution in [2.75, 3.05) is 18.6 Å². The predicted molar refractivity (Wildman–Crippen MR) is 62.6 cm³/mol. The number of imidazole rings is 1. The third-order valence-electron chi connectivity index (χ3n) is 3.33. The number of ether oxygens (including phenoxy) is 1. The minimum Gasteiger partial charge on any atom is -0.394 e. The van der Waals surface area contributed by atoms with Crippen LogP contribution in [0.2, 0.25) is 0 Å². The molecule has 3 heterocycles. The molecular weight excluding hydrogens is 256 g/mol. The summed E-state index contributed by atoms with van der Waals surface area (Å²) >= 11 is 0. The van der Waals surface area contributed by atoms with Crippen molar-refractivity contribution < 1.29 is 19.7 Å². The number of hydrogen-bond acceptors (Lipinski definition) is 6. The van der Waals surface area contributed by atoms with E-state index in [1.807, 2.05) is 0 Å². The fourth-order valence-electron chi connectivity index (χ4n) is 2.39. The van der Waals surface area contributed by atoms with Gasteiger partial charge in [-0.25, -0.2) is 4.79 Å². The second-order valence-corrected chi connectivity index (χ2v) is 4.50. The predicted octanol–water partition coefficient (Wildman–Crippen LogP) is -2.07. The van der Waals surface area contributed by atoms with Crippen LogP contribution in [0.25, 0.3) is 0 Å². The van der Waals surface area contributed by atoms with E-state index in [1.165, 1.54) is 4.57 Å². The molecule has 3 rings (SSSR count). The number of carbonyl (C=O) groups excluding carboxylic acids is 1. The molecule has 19 heavy (non-hydrogen) atoms. The van der Waals surface area contributed by atoms with Gasteiger partial charge < -0.3 is 25.6 Å². The van der Waals surface area contributed by atoms with Crippen molar-refractivity contribution in [3.63, 3.8) is 0 Å². The van der Waals surface area contributed by atoms with E-state index in [4.69, 9.17) is 9.84 Å². The van der Waals surface area contributed by atoms with Crippen molar-refractivity contribution in [3.8, 4) is 0 Å². The molecule has 3 atom stereocenters. The molecule has 1 aromatic heterocycles. The van der Waals surface area contributed by atoms with Crippen LogP contribution in [0.5, 0.6) is 0 Å². The van der Waals surface area contributed by atoms with Crippen molar-refractivity contribution in [2.24, 2.45) is 0 Å². The lowest BCUT2D eigenvalue weighted by molar-refractivity contribution is -0.0447. The molecule has 0 unspecified atom stereocenters. The summed E-state index contributed by atoms with van der Waals surface area (Å²) in [6, 6.07) is 0. The van der Waals surface area contributed by atoms with E-state index in [-0.39, 0.29) is 31.3 Å². The van der Waals surface area contributed by atoms with Gasteiger partial charge in [0.05, 0.1) is 19.4 Å². The van der Waals surface area contributed by atoms with E-state index in [1.54, 1.807) is 0 Å². The van der Waals surface area contributed by atoms with E-state index in [9.17, 15) is 14.7 Å². The topological polar surface area (TPSA) is 129 Å². The zero-order chi connectivity index (χ0) is 13.6. The first-order valence-corrected chi connectivity index (χ1v) is 5.92. The minimum atomic E-state index is -0.843. The quantitative estimate of drug-likeness (QED) is 0.420. The van der Waals surface area contributed by atoms with Crippen molar-refractivity contribution in [1.82, 2.24) is 14.9 Å². The molecule has 1 aromatic rings. The molecule has 1 amide bonds. The van der Waals surface area contributed by atoms with E-state index < -0.39 is 24.1 Å². The van der Waals surface area contributed by atoms with E-state index in [0.29, 0.717) is 5.82 Å². The highest BCUT2D eigenvalue weighted by molar-refractivity contribution is 5.98. The van der Waals surface area contributed by atoms with Crippen molar-refractivity contribution in [2.45, 2.75) is 24.9 Å². The summed E-state index contributed by atoms with van der Waals surface area (Å²) in [7, 11) is 0. The number of aromatic nitrogens is 2. The highest BCUT2D eigenvalue weighted by Gasteiger charge is 2.38. The molecular formula is C10H14N4O5. The smallest absolute Gasteiger partial charge is 0.329 e. The zero-order valence-electron chi connectivity index (χ0n) is 9.92. The summed E-state index contributed by atoms with van der Waals surface area (Å²) in [5.41, 5.74) is -0.355. The van der Waals surface area contributed by atoms with Crippen LogP contribution < -0.4 is 16.3 Å². The molecule has 0 bridgehead atoms. The van der Waals surface area contributed by atoms with Crippen LogP contribution in [0.1, 0.15) is 23.1 Å². The molecule has 0 radical (unpaired) electrons. The molecule has 0 aliphatic carbocycles. The Morgan fingerprint density at radius 3 is 2.84 bits per heavy atom. The van der Waals surface area contributed by atoms with Crippen LogP contribution in [-0.4, -0.2) is 51.2 Å². The fraction of sp³-hybridized carbons (Fsp3) is 0.600. The molecule has 9 nitrogen and oxygen atoms in total. The molecule has 2 aliphatic rings. The molecule has 104 valence electrons. The molecule has 2 aliphatic heterocycles. The second kappa shape index (κ2) is 4.37. The number of anilines is 1. The highest BCUT2D eigenvalue weighted by Crippen LogP contribution is 2.31. The molecule has 0 aromatic carbocycles. The van der Waals surface area contributed by atoms with Crippen LogP contribution in [0, 0.1) is 0 Å². The number of H-pyrrole nitrogens is 1. The van der Waals surface area contributed by atoms with Gasteiger partial charge in [-0.1, -0.05) is 0 Å². The Bertz CT molecular complexity index is 565. The second-order valence-electron chi connectivity index (χ2n) is 4.50. The van der Waals surface area contributed by atoms with Crippen molar-refractivity contribution in [1.29, 1.82) is 0 Å². The monoisotopic (exact) mass is 270 g/mol. The number of hydrogen-bond donors (Lipinski definition) is 5. The van der Waals surface area contributed by atoms with Gasteiger partial charge in [0.2, 0.25) is 0 Å². The Balaban J connectivity index is 1.98. The summed E-state index contributed by atoms with van der Waals surface area (Å²) in [5, 5.41) is 24.2. The third-order valence-corrected chi connectivity index (χ3v) is 3.33. The van der Waals surface area contributed by atoms with E-state index in [0.717, 1.165) is 0 Å². The minimum absolute atomic E-state index is 0.141. The van der Waals surface area contributed by atoms with Gasteiger partial charge in [0.15, 0.2) is 0 Å². The van der Waals surface area contributed by atoms with Crippen molar-refractivity contribution in [3.05, 3.63) is 16.2 Å². The largest absolute Gasteiger partial charge is 0.394 e. The standard InChI is InChI=1S/C10H14N4O5/c15-2-5-4(16)1-6(19-5)14-8-7(13-10(14)18)9(17)12-3-11-8/h4-6,11,15-16H,1-3H2,(H,12,17)(H,13,18)/t4-,5+,6+/m0/s1. The van der Waals surface area contributed by atoms with Gasteiger partial charge in [0.1, 0.15) is 23.8 Å². The number of aliphatic hydroxyl groups is 2. The summed E-state index contributed by atoms with van der Waals surface area (Å²) in [6.07, 6.45) is -2.10. The highest BCUT2D eigenvalue weighted by atomic mass is 16.5. The normalized spacial score (nSPS) is 29.8. The Morgan fingerprint density at radius 2 is 2.16 bits per heavy atom. The number of carbonyl (C=O) groups is 1. The first kappa shape index (κ1) is 12.2. The molecule has 0 spiro atoms. The zero-order valence-corrected chi connectivity index (χ0v) is 9.92. The average molecular weight is 270 g/mol. The molecule has 1 saturated heterocycles. The van der Waals surface area contributed by atoms with Crippen molar-refractivity contribution >= 4 is 11.7 Å². The average Bonchev–Trinajstić information content (AvgIpc) is 2.90. The maximum absolute atomic E-state index is 11.9. The maximum Gasteiger partial charge on any atom is 0.329 e. The first-order chi connectivity index (χ1) is 9.11. The Kier molecular flexibility index (Phi) is 2.81. The number of amides is 1. The number of rotatable bonds is 2. The number of nitrogens with one attached hydrogen (secondary N) is 3. The van der Waals surface area contributed by atoms with Crippen LogP contribution >= 0.6 is 0 Å². The van der Waals surface area contributed by atoms with Gasteiger partial charge in [-0.15, -0.1) is 0 Å². The van der Waals surface area contributed by atoms with Gasteiger partial charge in [-0.3, -0.25) is 14.3 Å². The third kappa shape index (κ3) is 1.82. The van der Waals surface area contributed by atoms with Gasteiger partial charge in [0.25, 0.3) is 5.91 Å². The van der Waals surface area contributed by atoms with Gasteiger partial charge in [-0.05, 0) is 0 Å². The summed E-state index contributed by atoms with van der Waals surface area (Å²) < 4.78 is 6.68. The van der Waals surface area contributed by atoms with Crippen LogP contribution in [0.15, 0.2) is 4.79 Å². The Hall–Kier alpha value is -1.84. The molecule has 9 heteroatoms. The van der Waals surface area contributed by atoms with E-state index in [2.05, 4.69) is 15.6 Å². The lowest BCUT2D eigenvalue weighted by Crippen LogP contribution is -2.36. The number of nitrogens with zero attached hydrogens (tertiary/aromatic N) is 1. The Morgan fingerprint density at radius 1 is 1.37 bits per heavy atom. The van der Waals surface area contributed by atoms with E-state index >= 15 is 0 Å². The lowest BCUT2D eigenvalue weighted by atomic mass is 10.2. The molecule has 1 fully saturated rings. The molecule has 5 N–H and O–H groups in total. The maximum atomic E-state index is 11.9. The van der Waals surface area contributed by atoms with Gasteiger partial charge >= 0.3 is 5.69 Å². The summed E-state index contributed by atoms with van der Waals surface area (Å²) in [6.45, 7) is -0.116. The lowest BCUT2D eigenvalue weighted by Gasteiger charge is -2.19. The SMILES string of the molecule is O=C1NCNc2c1[nH]c(=O)n2[C@H]1C[C@H](O)[C@@H](CO)O1. The van der Waals surface area contributed by atoms with Crippen LogP contribution in [0.4, 0.5) is 5.82 Å². The fourth-order valence-corrected chi connectivity index (χ4v) is 2.39. The summed E-state index contributed by atoms with van der Waals surface area (Å²) in [4.78, 5) is 25.9. The molecule has 0 saturated carbocycles. The first-order valence-electron chi connectivity index (χ1n) is 5.92. The number of aromatic amines is 1. The van der Waals surface area contributed by atoms with Gasteiger partial charge in [0, 0.05) is 6.42 Å². The van der Waals surface area contributed by atoms with Crippen LogP contribution in [0.3, 0.4) is 0 Å². The van der Waals surface area contributed by atoms with Gasteiger partial charge in [-0.2, -0.15) is 0 Å². The number of aliphatic hydroxyl groups excluding tert-OH is 2. The van der Waals surface area contributed by atoms with Crippen LogP contribution in [-0.2, 0) is 4.74 Å². The summed E-state index contributed by atoms with van der Waals surface area (Å²) in [5.74, 6) is -0.0357. The number of fused-ring (bicyclic) bond motifs is 1.